The van der Waals surface area contributed by atoms with Gasteiger partial charge in [-0.1, -0.05) is 270 Å². The average Bonchev–Trinajstić information content (AvgIpc) is 3.33. The minimum atomic E-state index is -0.774. The van der Waals surface area contributed by atoms with E-state index < -0.39 is 6.10 Å². The van der Waals surface area contributed by atoms with Gasteiger partial charge in [-0.05, 0) is 64.2 Å². The Morgan fingerprint density at radius 3 is 0.821 bits per heavy atom. The maximum atomic E-state index is 12.8. The highest BCUT2D eigenvalue weighted by Crippen LogP contribution is 2.17. The van der Waals surface area contributed by atoms with Gasteiger partial charge in [-0.15, -0.1) is 0 Å². The van der Waals surface area contributed by atoms with Crippen LogP contribution < -0.4 is 0 Å². The lowest BCUT2D eigenvalue weighted by Crippen LogP contribution is -2.30. The molecule has 0 saturated carbocycles. The molecular weight excluding hydrogens is 829 g/mol. The van der Waals surface area contributed by atoms with E-state index in [2.05, 4.69) is 45.1 Å². The number of carbonyl (C=O) groups is 3. The SMILES string of the molecule is CCCC/C=C\CCCCCCCC(=O)OCC(COC(=O)CCCCCCCCCCCCCCCCCCCCCCCCCCCC)OC(=O)CCCCCCC/C=C\CCCCC. The molecule has 6 heteroatoms. The molecule has 0 spiro atoms. The second-order valence-electron chi connectivity index (χ2n) is 20.3. The van der Waals surface area contributed by atoms with E-state index in [4.69, 9.17) is 14.2 Å². The fourth-order valence-corrected chi connectivity index (χ4v) is 8.89. The van der Waals surface area contributed by atoms with Gasteiger partial charge in [-0.3, -0.25) is 14.4 Å². The Kier molecular flexibility index (Phi) is 54.7. The van der Waals surface area contributed by atoms with Crippen LogP contribution in [0.15, 0.2) is 24.3 Å². The zero-order chi connectivity index (χ0) is 48.6. The van der Waals surface area contributed by atoms with E-state index in [9.17, 15) is 14.4 Å². The first-order valence-corrected chi connectivity index (χ1v) is 29.8. The fraction of sp³-hybridized carbons (Fsp3) is 0.885. The van der Waals surface area contributed by atoms with Crippen molar-refractivity contribution < 1.29 is 28.6 Å². The van der Waals surface area contributed by atoms with E-state index in [0.717, 1.165) is 70.6 Å². The van der Waals surface area contributed by atoms with Gasteiger partial charge in [0.25, 0.3) is 0 Å². The summed E-state index contributed by atoms with van der Waals surface area (Å²) in [6.45, 7) is 6.61. The van der Waals surface area contributed by atoms with Gasteiger partial charge in [0.15, 0.2) is 6.10 Å². The van der Waals surface area contributed by atoms with E-state index in [-0.39, 0.29) is 31.1 Å². The molecule has 0 bridgehead atoms. The van der Waals surface area contributed by atoms with Crippen molar-refractivity contribution in [3.63, 3.8) is 0 Å². The van der Waals surface area contributed by atoms with Crippen molar-refractivity contribution in [2.75, 3.05) is 13.2 Å². The van der Waals surface area contributed by atoms with Crippen LogP contribution in [0.1, 0.15) is 329 Å². The molecule has 0 heterocycles. The van der Waals surface area contributed by atoms with Gasteiger partial charge >= 0.3 is 17.9 Å². The van der Waals surface area contributed by atoms with E-state index in [0.29, 0.717) is 19.3 Å². The maximum Gasteiger partial charge on any atom is 0.306 e. The lowest BCUT2D eigenvalue weighted by molar-refractivity contribution is -0.167. The first-order valence-electron chi connectivity index (χ1n) is 29.8. The van der Waals surface area contributed by atoms with Crippen LogP contribution in [-0.4, -0.2) is 37.2 Å². The highest BCUT2D eigenvalue weighted by atomic mass is 16.6. The van der Waals surface area contributed by atoms with Gasteiger partial charge in [0, 0.05) is 19.3 Å². The molecule has 0 radical (unpaired) electrons. The summed E-state index contributed by atoms with van der Waals surface area (Å²) in [6, 6.07) is 0. The summed E-state index contributed by atoms with van der Waals surface area (Å²) in [7, 11) is 0. The number of hydrogen-bond acceptors (Lipinski definition) is 6. The summed E-state index contributed by atoms with van der Waals surface area (Å²) in [5.74, 6) is -0.876. The predicted octanol–water partition coefficient (Wildman–Crippen LogP) is 19.9. The van der Waals surface area contributed by atoms with Gasteiger partial charge in [-0.25, -0.2) is 0 Å². The number of esters is 3. The molecule has 0 rings (SSSR count). The van der Waals surface area contributed by atoms with E-state index in [1.807, 2.05) is 0 Å². The fourth-order valence-electron chi connectivity index (χ4n) is 8.89. The zero-order valence-electron chi connectivity index (χ0n) is 45.2. The Hall–Kier alpha value is -2.11. The molecule has 0 saturated heterocycles. The van der Waals surface area contributed by atoms with Gasteiger partial charge < -0.3 is 14.2 Å². The third-order valence-corrected chi connectivity index (χ3v) is 13.4. The average molecular weight is 944 g/mol. The Labute approximate surface area is 417 Å². The molecule has 0 aromatic rings. The van der Waals surface area contributed by atoms with Crippen LogP contribution in [0.25, 0.3) is 0 Å². The minimum absolute atomic E-state index is 0.0732. The van der Waals surface area contributed by atoms with Crippen molar-refractivity contribution in [2.45, 2.75) is 335 Å². The molecule has 0 aromatic carbocycles. The van der Waals surface area contributed by atoms with Gasteiger partial charge in [-0.2, -0.15) is 0 Å². The molecule has 0 aliphatic rings. The van der Waals surface area contributed by atoms with Crippen molar-refractivity contribution in [1.82, 2.24) is 0 Å². The molecule has 0 aliphatic heterocycles. The number of rotatable bonds is 55. The van der Waals surface area contributed by atoms with Gasteiger partial charge in [0.05, 0.1) is 0 Å². The van der Waals surface area contributed by atoms with Gasteiger partial charge in [0.2, 0.25) is 0 Å². The molecule has 394 valence electrons. The number of carbonyl (C=O) groups excluding carboxylic acids is 3. The number of hydrogen-bond donors (Lipinski definition) is 0. The van der Waals surface area contributed by atoms with Gasteiger partial charge in [0.1, 0.15) is 13.2 Å². The monoisotopic (exact) mass is 943 g/mol. The lowest BCUT2D eigenvalue weighted by atomic mass is 10.0. The molecule has 67 heavy (non-hydrogen) atoms. The quantitative estimate of drug-likeness (QED) is 0.0262. The minimum Gasteiger partial charge on any atom is -0.462 e. The molecule has 1 unspecified atom stereocenters. The van der Waals surface area contributed by atoms with Crippen molar-refractivity contribution in [3.05, 3.63) is 24.3 Å². The smallest absolute Gasteiger partial charge is 0.306 e. The zero-order valence-corrected chi connectivity index (χ0v) is 45.2. The first kappa shape index (κ1) is 64.9. The predicted molar refractivity (Wildman–Crippen MR) is 289 cm³/mol. The Balaban J connectivity index is 4.12. The van der Waals surface area contributed by atoms with Crippen molar-refractivity contribution in [3.8, 4) is 0 Å². The number of allylic oxidation sites excluding steroid dienone is 4. The van der Waals surface area contributed by atoms with Crippen LogP contribution in [0.3, 0.4) is 0 Å². The Morgan fingerprint density at radius 2 is 0.507 bits per heavy atom. The molecule has 1 atom stereocenters. The summed E-state index contributed by atoms with van der Waals surface area (Å²) in [5.41, 5.74) is 0. The van der Waals surface area contributed by atoms with E-state index in [1.54, 1.807) is 0 Å². The number of unbranched alkanes of at least 4 members (excludes halogenated alkanes) is 40. The molecular formula is C61H114O6. The molecule has 0 fully saturated rings. The summed E-state index contributed by atoms with van der Waals surface area (Å²) in [6.07, 6.45) is 66.3. The molecule has 0 aliphatic carbocycles. The second-order valence-corrected chi connectivity index (χ2v) is 20.3. The highest BCUT2D eigenvalue weighted by Gasteiger charge is 2.19. The largest absolute Gasteiger partial charge is 0.462 e. The van der Waals surface area contributed by atoms with Crippen LogP contribution in [0.4, 0.5) is 0 Å². The third kappa shape index (κ3) is 54.7. The first-order chi connectivity index (χ1) is 33.0. The van der Waals surface area contributed by atoms with Crippen LogP contribution in [-0.2, 0) is 28.6 Å². The third-order valence-electron chi connectivity index (χ3n) is 13.4. The molecule has 0 aromatic heterocycles. The molecule has 0 N–H and O–H groups in total. The normalized spacial score (nSPS) is 12.1. The molecule has 0 amide bonds. The Morgan fingerprint density at radius 1 is 0.284 bits per heavy atom. The lowest BCUT2D eigenvalue weighted by Gasteiger charge is -2.18. The summed E-state index contributed by atoms with van der Waals surface area (Å²) in [5, 5.41) is 0. The molecule has 6 nitrogen and oxygen atoms in total. The van der Waals surface area contributed by atoms with Crippen LogP contribution in [0.5, 0.6) is 0 Å². The van der Waals surface area contributed by atoms with Crippen molar-refractivity contribution in [2.24, 2.45) is 0 Å². The van der Waals surface area contributed by atoms with Crippen molar-refractivity contribution in [1.29, 1.82) is 0 Å². The van der Waals surface area contributed by atoms with Crippen LogP contribution in [0, 0.1) is 0 Å². The topological polar surface area (TPSA) is 78.9 Å². The standard InChI is InChI=1S/C61H114O6/c1-4-7-10-13-16-19-22-24-25-26-27-28-29-30-31-32-33-34-35-36-37-40-42-45-48-51-54-60(63)66-57-58(56-65-59(62)53-50-47-44-41-38-21-18-15-12-9-6-3)67-61(64)55-52-49-46-43-39-23-20-17-14-11-8-5-2/h15,17-18,20,58H,4-14,16,19,21-57H2,1-3H3/b18-15-,20-17-. The second kappa shape index (κ2) is 56.5. The number of ether oxygens (including phenoxy) is 3. The summed E-state index contributed by atoms with van der Waals surface area (Å²) in [4.78, 5) is 38.0. The summed E-state index contributed by atoms with van der Waals surface area (Å²) < 4.78 is 16.8. The van der Waals surface area contributed by atoms with E-state index >= 15 is 0 Å². The van der Waals surface area contributed by atoms with Crippen LogP contribution >= 0.6 is 0 Å². The van der Waals surface area contributed by atoms with Crippen LogP contribution in [0.2, 0.25) is 0 Å². The van der Waals surface area contributed by atoms with Crippen molar-refractivity contribution >= 4 is 17.9 Å². The summed E-state index contributed by atoms with van der Waals surface area (Å²) >= 11 is 0. The highest BCUT2D eigenvalue weighted by molar-refractivity contribution is 5.71. The maximum absolute atomic E-state index is 12.8. The van der Waals surface area contributed by atoms with E-state index in [1.165, 1.54) is 218 Å². The Bertz CT molecular complexity index is 1080.